The van der Waals surface area contributed by atoms with E-state index in [1.807, 2.05) is 6.92 Å². The van der Waals surface area contributed by atoms with Crippen molar-refractivity contribution in [3.63, 3.8) is 0 Å². The Hall–Kier alpha value is -1.99. The topological polar surface area (TPSA) is 92.8 Å². The first-order valence-electron chi connectivity index (χ1n) is 7.51. The molecule has 8 heteroatoms. The summed E-state index contributed by atoms with van der Waals surface area (Å²) in [5.74, 6) is 1.37. The minimum Gasteiger partial charge on any atom is -0.365 e. The number of aryl methyl sites for hydroxylation is 1. The van der Waals surface area contributed by atoms with Crippen LogP contribution in [0.25, 0.3) is 0 Å². The van der Waals surface area contributed by atoms with Crippen molar-refractivity contribution in [2.24, 2.45) is 0 Å². The summed E-state index contributed by atoms with van der Waals surface area (Å²) in [5.41, 5.74) is 0.764. The molecule has 1 amide bonds. The van der Waals surface area contributed by atoms with Crippen molar-refractivity contribution in [3.05, 3.63) is 40.7 Å². The highest BCUT2D eigenvalue weighted by molar-refractivity contribution is 6.31. The third kappa shape index (κ3) is 4.05. The Morgan fingerprint density at radius 3 is 3.13 bits per heavy atom. The molecular formula is C15H18ClN5O2. The number of carbonyl (C=O) groups is 1. The highest BCUT2D eigenvalue weighted by atomic mass is 35.5. The molecule has 2 aromatic heterocycles. The summed E-state index contributed by atoms with van der Waals surface area (Å²) in [6.07, 6.45) is 5.00. The number of amides is 1. The highest BCUT2D eigenvalue weighted by Crippen LogP contribution is 2.30. The van der Waals surface area contributed by atoms with Crippen molar-refractivity contribution in [2.75, 3.05) is 6.54 Å². The Morgan fingerprint density at radius 2 is 2.39 bits per heavy atom. The maximum Gasteiger partial charge on any atom is 0.224 e. The highest BCUT2D eigenvalue weighted by Gasteiger charge is 2.29. The normalized spacial score (nSPS) is 20.6. The Labute approximate surface area is 138 Å². The summed E-state index contributed by atoms with van der Waals surface area (Å²) in [6.45, 7) is 2.33. The molecule has 1 saturated heterocycles. The molecule has 1 aliphatic heterocycles. The van der Waals surface area contributed by atoms with Crippen LogP contribution in [0.5, 0.6) is 0 Å². The zero-order valence-electron chi connectivity index (χ0n) is 12.8. The van der Waals surface area contributed by atoms with Crippen LogP contribution in [0.15, 0.2) is 18.5 Å². The fourth-order valence-electron chi connectivity index (χ4n) is 2.56. The molecule has 0 unspecified atom stereocenters. The van der Waals surface area contributed by atoms with Crippen LogP contribution >= 0.6 is 11.6 Å². The molecule has 2 N–H and O–H groups in total. The molecular weight excluding hydrogens is 318 g/mol. The van der Waals surface area contributed by atoms with Gasteiger partial charge in [0.1, 0.15) is 11.9 Å². The number of rotatable bonds is 5. The van der Waals surface area contributed by atoms with Gasteiger partial charge in [0.05, 0.1) is 17.5 Å². The van der Waals surface area contributed by atoms with E-state index >= 15 is 0 Å². The summed E-state index contributed by atoms with van der Waals surface area (Å²) in [5, 5.41) is 10.3. The molecule has 23 heavy (non-hydrogen) atoms. The van der Waals surface area contributed by atoms with Gasteiger partial charge in [-0.25, -0.2) is 4.98 Å². The second-order valence-corrected chi connectivity index (χ2v) is 5.96. The predicted molar refractivity (Wildman–Crippen MR) is 83.9 cm³/mol. The van der Waals surface area contributed by atoms with Gasteiger partial charge in [-0.05, 0) is 31.4 Å². The minimum absolute atomic E-state index is 0.0179. The molecule has 0 bridgehead atoms. The molecule has 7 nitrogen and oxygen atoms in total. The van der Waals surface area contributed by atoms with Crippen molar-refractivity contribution in [2.45, 2.75) is 38.4 Å². The molecule has 0 aliphatic carbocycles. The molecule has 3 heterocycles. The zero-order valence-corrected chi connectivity index (χ0v) is 13.5. The molecule has 2 atom stereocenters. The summed E-state index contributed by atoms with van der Waals surface area (Å²) in [4.78, 5) is 20.2. The first-order valence-corrected chi connectivity index (χ1v) is 7.89. The fraction of sp³-hybridized carbons (Fsp3) is 0.467. The Balaban J connectivity index is 1.46. The molecule has 2 aromatic rings. The zero-order chi connectivity index (χ0) is 16.2. The number of nitrogens with zero attached hydrogens (tertiary/aromatic N) is 3. The standard InChI is InChI=1S/C15H18ClN5O2/c1-9-19-15(21-20-9)13-3-2-11(23-13)7-18-14(22)6-10-4-5-17-8-12(10)16/h4-5,8,11,13H,2-3,6-7H2,1H3,(H,18,22)(H,19,20,21)/t11-,13+/m1/s1. The number of ether oxygens (including phenoxy) is 1. The van der Waals surface area contributed by atoms with Gasteiger partial charge in [-0.15, -0.1) is 0 Å². The summed E-state index contributed by atoms with van der Waals surface area (Å²) in [6, 6.07) is 1.75. The number of hydrogen-bond acceptors (Lipinski definition) is 5. The van der Waals surface area contributed by atoms with E-state index < -0.39 is 0 Å². The number of aromatic nitrogens is 4. The van der Waals surface area contributed by atoms with Crippen LogP contribution in [-0.2, 0) is 16.0 Å². The van der Waals surface area contributed by atoms with E-state index in [2.05, 4.69) is 25.5 Å². The Morgan fingerprint density at radius 1 is 1.52 bits per heavy atom. The molecule has 0 spiro atoms. The monoisotopic (exact) mass is 335 g/mol. The number of pyridine rings is 1. The number of carbonyl (C=O) groups excluding carboxylic acids is 1. The van der Waals surface area contributed by atoms with Gasteiger partial charge in [-0.2, -0.15) is 5.10 Å². The minimum atomic E-state index is -0.100. The van der Waals surface area contributed by atoms with Crippen LogP contribution in [0.2, 0.25) is 5.02 Å². The van der Waals surface area contributed by atoms with Crippen LogP contribution in [-0.4, -0.2) is 38.7 Å². The predicted octanol–water partition coefficient (Wildman–Crippen LogP) is 1.74. The van der Waals surface area contributed by atoms with E-state index in [1.54, 1.807) is 12.3 Å². The molecule has 3 rings (SSSR count). The van der Waals surface area contributed by atoms with Gasteiger partial charge in [0, 0.05) is 18.9 Å². The maximum absolute atomic E-state index is 12.0. The van der Waals surface area contributed by atoms with Gasteiger partial charge in [-0.3, -0.25) is 14.9 Å². The van der Waals surface area contributed by atoms with Crippen molar-refractivity contribution in [3.8, 4) is 0 Å². The van der Waals surface area contributed by atoms with Gasteiger partial charge in [0.2, 0.25) is 5.91 Å². The number of halogens is 1. The van der Waals surface area contributed by atoms with Gasteiger partial charge >= 0.3 is 0 Å². The lowest BCUT2D eigenvalue weighted by Gasteiger charge is -2.13. The average Bonchev–Trinajstić information content (AvgIpc) is 3.16. The van der Waals surface area contributed by atoms with Crippen molar-refractivity contribution in [1.29, 1.82) is 0 Å². The third-order valence-corrected chi connectivity index (χ3v) is 4.08. The van der Waals surface area contributed by atoms with Gasteiger partial charge in [0.15, 0.2) is 5.82 Å². The first-order chi connectivity index (χ1) is 11.1. The van der Waals surface area contributed by atoms with E-state index in [-0.39, 0.29) is 24.5 Å². The molecule has 1 aliphatic rings. The van der Waals surface area contributed by atoms with Gasteiger partial charge < -0.3 is 10.1 Å². The van der Waals surface area contributed by atoms with Gasteiger partial charge in [0.25, 0.3) is 0 Å². The lowest BCUT2D eigenvalue weighted by atomic mass is 10.1. The molecule has 0 saturated carbocycles. The van der Waals surface area contributed by atoms with Crippen molar-refractivity contribution >= 4 is 17.5 Å². The van der Waals surface area contributed by atoms with Crippen LogP contribution in [0.1, 0.15) is 36.2 Å². The summed E-state index contributed by atoms with van der Waals surface area (Å²) < 4.78 is 5.89. The van der Waals surface area contributed by atoms with Crippen LogP contribution < -0.4 is 5.32 Å². The molecule has 122 valence electrons. The SMILES string of the molecule is Cc1nc([C@@H]2CC[C@H](CNC(=O)Cc3ccncc3Cl)O2)n[nH]1. The van der Waals surface area contributed by atoms with Crippen LogP contribution in [0.4, 0.5) is 0 Å². The quantitative estimate of drug-likeness (QED) is 0.868. The maximum atomic E-state index is 12.0. The van der Waals surface area contributed by atoms with E-state index in [1.165, 1.54) is 6.20 Å². The summed E-state index contributed by atoms with van der Waals surface area (Å²) >= 11 is 6.00. The lowest BCUT2D eigenvalue weighted by molar-refractivity contribution is -0.121. The van der Waals surface area contributed by atoms with Crippen molar-refractivity contribution < 1.29 is 9.53 Å². The van der Waals surface area contributed by atoms with Crippen LogP contribution in [0, 0.1) is 6.92 Å². The smallest absolute Gasteiger partial charge is 0.224 e. The van der Waals surface area contributed by atoms with E-state index in [0.717, 1.165) is 24.2 Å². The average molecular weight is 336 g/mol. The number of aromatic amines is 1. The number of nitrogens with one attached hydrogen (secondary N) is 2. The molecule has 0 radical (unpaired) electrons. The van der Waals surface area contributed by atoms with E-state index in [9.17, 15) is 4.79 Å². The van der Waals surface area contributed by atoms with Gasteiger partial charge in [-0.1, -0.05) is 11.6 Å². The Bertz CT molecular complexity index is 690. The summed E-state index contributed by atoms with van der Waals surface area (Å²) in [7, 11) is 0. The van der Waals surface area contributed by atoms with Crippen LogP contribution in [0.3, 0.4) is 0 Å². The largest absolute Gasteiger partial charge is 0.365 e. The first kappa shape index (κ1) is 15.9. The number of hydrogen-bond donors (Lipinski definition) is 2. The van der Waals surface area contributed by atoms with Crippen molar-refractivity contribution in [1.82, 2.24) is 25.5 Å². The Kier molecular flexibility index (Phi) is 4.88. The lowest BCUT2D eigenvalue weighted by Crippen LogP contribution is -2.33. The fourth-order valence-corrected chi connectivity index (χ4v) is 2.75. The third-order valence-electron chi connectivity index (χ3n) is 3.74. The number of H-pyrrole nitrogens is 1. The second kappa shape index (κ2) is 7.06. The van der Waals surface area contributed by atoms with E-state index in [0.29, 0.717) is 17.4 Å². The van der Waals surface area contributed by atoms with E-state index in [4.69, 9.17) is 16.3 Å². The molecule has 0 aromatic carbocycles. The molecule has 1 fully saturated rings. The second-order valence-electron chi connectivity index (χ2n) is 5.55.